The molecular weight excluding hydrogens is 422 g/mol. The molecule has 0 radical (unpaired) electrons. The van der Waals surface area contributed by atoms with Gasteiger partial charge in [0.05, 0.1) is 17.2 Å². The van der Waals surface area contributed by atoms with Crippen LogP contribution in [0.3, 0.4) is 0 Å². The van der Waals surface area contributed by atoms with Gasteiger partial charge in [0.2, 0.25) is 0 Å². The van der Waals surface area contributed by atoms with Crippen molar-refractivity contribution in [3.05, 3.63) is 65.1 Å². The normalized spacial score (nSPS) is 20.1. The lowest BCUT2D eigenvalue weighted by Gasteiger charge is -2.27. The Hall–Kier alpha value is -3.95. The van der Waals surface area contributed by atoms with Gasteiger partial charge in [-0.15, -0.1) is 10.3 Å². The van der Waals surface area contributed by atoms with Gasteiger partial charge in [0, 0.05) is 18.8 Å². The number of rotatable bonds is 7. The van der Waals surface area contributed by atoms with Crippen molar-refractivity contribution in [1.82, 2.24) is 25.2 Å². The highest BCUT2D eigenvalue weighted by Gasteiger charge is 2.37. The van der Waals surface area contributed by atoms with Crippen LogP contribution in [0.2, 0.25) is 0 Å². The van der Waals surface area contributed by atoms with Gasteiger partial charge in [0.25, 0.3) is 11.8 Å². The minimum Gasteiger partial charge on any atom is -0.393 e. The molecule has 10 heteroatoms. The average Bonchev–Trinajstić information content (AvgIpc) is 3.41. The topological polar surface area (TPSA) is 115 Å². The molecule has 2 aliphatic rings. The number of carbonyl (C=O) groups is 2. The van der Waals surface area contributed by atoms with Crippen LogP contribution in [0.15, 0.2) is 47.6 Å². The number of aromatic nitrogens is 5. The lowest BCUT2D eigenvalue weighted by atomic mass is 9.93. The van der Waals surface area contributed by atoms with Crippen molar-refractivity contribution >= 4 is 24.3 Å². The van der Waals surface area contributed by atoms with Gasteiger partial charge >= 0.3 is 0 Å². The maximum absolute atomic E-state index is 12.8. The first kappa shape index (κ1) is 20.9. The highest BCUT2D eigenvalue weighted by atomic mass is 16.6. The van der Waals surface area contributed by atoms with E-state index in [-0.39, 0.29) is 24.0 Å². The SMILES string of the molecule is C=NOC1CCC(n2nnnc2CCc2cccc(N3C(=O)c4ccccc4C3=O)n2)CC1. The summed E-state index contributed by atoms with van der Waals surface area (Å²) in [5.41, 5.74) is 1.56. The minimum absolute atomic E-state index is 0.104. The molecule has 0 N–H and O–H groups in total. The number of imide groups is 1. The summed E-state index contributed by atoms with van der Waals surface area (Å²) in [5, 5.41) is 15.8. The monoisotopic (exact) mass is 445 g/mol. The molecule has 1 aliphatic carbocycles. The first-order valence-corrected chi connectivity index (χ1v) is 11.0. The number of aryl methyl sites for hydroxylation is 2. The number of anilines is 1. The highest BCUT2D eigenvalue weighted by Crippen LogP contribution is 2.30. The largest absolute Gasteiger partial charge is 0.393 e. The van der Waals surface area contributed by atoms with Crippen LogP contribution in [-0.4, -0.2) is 49.8 Å². The smallest absolute Gasteiger partial charge is 0.267 e. The number of benzene rings is 1. The van der Waals surface area contributed by atoms with Crippen LogP contribution in [0.4, 0.5) is 5.82 Å². The summed E-state index contributed by atoms with van der Waals surface area (Å²) in [7, 11) is 0. The van der Waals surface area contributed by atoms with Crippen LogP contribution >= 0.6 is 0 Å². The number of hydrogen-bond donors (Lipinski definition) is 0. The fourth-order valence-corrected chi connectivity index (χ4v) is 4.53. The molecule has 1 aromatic carbocycles. The van der Waals surface area contributed by atoms with E-state index in [1.54, 1.807) is 36.4 Å². The maximum atomic E-state index is 12.8. The van der Waals surface area contributed by atoms with Gasteiger partial charge < -0.3 is 4.84 Å². The second kappa shape index (κ2) is 8.89. The second-order valence-corrected chi connectivity index (χ2v) is 8.18. The van der Waals surface area contributed by atoms with Gasteiger partial charge in [-0.1, -0.05) is 18.2 Å². The molecule has 3 aromatic rings. The third kappa shape index (κ3) is 3.99. The van der Waals surface area contributed by atoms with Crippen molar-refractivity contribution in [2.75, 3.05) is 4.90 Å². The number of fused-ring (bicyclic) bond motifs is 1. The fourth-order valence-electron chi connectivity index (χ4n) is 4.53. The van der Waals surface area contributed by atoms with E-state index in [0.29, 0.717) is 29.8 Å². The molecule has 33 heavy (non-hydrogen) atoms. The number of oxime groups is 1. The van der Waals surface area contributed by atoms with Gasteiger partial charge in [-0.3, -0.25) is 9.59 Å². The Bertz CT molecular complexity index is 1170. The van der Waals surface area contributed by atoms with E-state index in [1.807, 2.05) is 10.7 Å². The van der Waals surface area contributed by atoms with Crippen molar-refractivity contribution in [2.45, 2.75) is 50.7 Å². The summed E-state index contributed by atoms with van der Waals surface area (Å²) in [5.74, 6) is 0.410. The molecule has 2 aromatic heterocycles. The van der Waals surface area contributed by atoms with E-state index in [0.717, 1.165) is 42.1 Å². The predicted octanol–water partition coefficient (Wildman–Crippen LogP) is 2.77. The van der Waals surface area contributed by atoms with Crippen molar-refractivity contribution < 1.29 is 14.4 Å². The maximum Gasteiger partial charge on any atom is 0.267 e. The second-order valence-electron chi connectivity index (χ2n) is 8.18. The Balaban J connectivity index is 1.27. The predicted molar refractivity (Wildman–Crippen MR) is 119 cm³/mol. The Morgan fingerprint density at radius 2 is 1.70 bits per heavy atom. The van der Waals surface area contributed by atoms with Gasteiger partial charge in [0.15, 0.2) is 5.82 Å². The number of nitrogens with zero attached hydrogens (tertiary/aromatic N) is 7. The van der Waals surface area contributed by atoms with Gasteiger partial charge in [-0.2, -0.15) is 0 Å². The summed E-state index contributed by atoms with van der Waals surface area (Å²) >= 11 is 0. The molecule has 0 spiro atoms. The van der Waals surface area contributed by atoms with E-state index in [2.05, 4.69) is 32.4 Å². The average molecular weight is 445 g/mol. The van der Waals surface area contributed by atoms with Gasteiger partial charge in [0.1, 0.15) is 11.9 Å². The molecule has 1 fully saturated rings. The van der Waals surface area contributed by atoms with E-state index in [9.17, 15) is 9.59 Å². The van der Waals surface area contributed by atoms with Gasteiger partial charge in [-0.25, -0.2) is 14.6 Å². The minimum atomic E-state index is -0.351. The molecule has 0 saturated heterocycles. The Morgan fingerprint density at radius 3 is 2.39 bits per heavy atom. The molecule has 0 bridgehead atoms. The van der Waals surface area contributed by atoms with Crippen LogP contribution in [0.5, 0.6) is 0 Å². The molecule has 2 amide bonds. The molecule has 5 rings (SSSR count). The summed E-state index contributed by atoms with van der Waals surface area (Å²) < 4.78 is 1.89. The molecule has 3 heterocycles. The van der Waals surface area contributed by atoms with Crippen molar-refractivity contribution in [3.8, 4) is 0 Å². The summed E-state index contributed by atoms with van der Waals surface area (Å²) in [4.78, 5) is 36.5. The van der Waals surface area contributed by atoms with Crippen LogP contribution in [0, 0.1) is 0 Å². The zero-order chi connectivity index (χ0) is 22.8. The molecule has 168 valence electrons. The quantitative estimate of drug-likeness (QED) is 0.312. The third-order valence-corrected chi connectivity index (χ3v) is 6.19. The first-order chi connectivity index (χ1) is 16.2. The highest BCUT2D eigenvalue weighted by molar-refractivity contribution is 6.34. The van der Waals surface area contributed by atoms with E-state index in [1.165, 1.54) is 0 Å². The standard InChI is InChI=1S/C23H23N7O3/c1-24-33-17-12-10-16(11-13-17)30-21(26-27-28-30)14-9-15-5-4-8-20(25-15)29-22(31)18-6-2-3-7-19(18)23(29)32/h2-8,16-17H,1,9-14H2. The van der Waals surface area contributed by atoms with Crippen LogP contribution in [0.25, 0.3) is 0 Å². The number of hydrogen-bond acceptors (Lipinski definition) is 8. The zero-order valence-electron chi connectivity index (χ0n) is 18.0. The first-order valence-electron chi connectivity index (χ1n) is 11.0. The number of pyridine rings is 1. The lowest BCUT2D eigenvalue weighted by molar-refractivity contribution is 0.0234. The molecule has 1 aliphatic heterocycles. The van der Waals surface area contributed by atoms with Crippen molar-refractivity contribution in [2.24, 2.45) is 5.16 Å². The summed E-state index contributed by atoms with van der Waals surface area (Å²) in [6.45, 7) is 3.39. The van der Waals surface area contributed by atoms with Crippen LogP contribution in [0.1, 0.15) is 64.0 Å². The zero-order valence-corrected chi connectivity index (χ0v) is 18.0. The molecule has 10 nitrogen and oxygen atoms in total. The van der Waals surface area contributed by atoms with Crippen molar-refractivity contribution in [3.63, 3.8) is 0 Å². The summed E-state index contributed by atoms with van der Waals surface area (Å²) in [6, 6.07) is 12.4. The molecule has 0 unspecified atom stereocenters. The number of amides is 2. The number of tetrazole rings is 1. The van der Waals surface area contributed by atoms with E-state index < -0.39 is 0 Å². The van der Waals surface area contributed by atoms with E-state index >= 15 is 0 Å². The molecule has 1 saturated carbocycles. The van der Waals surface area contributed by atoms with Crippen LogP contribution < -0.4 is 4.90 Å². The van der Waals surface area contributed by atoms with Gasteiger partial charge in [-0.05, 0) is 66.8 Å². The fraction of sp³-hybridized carbons (Fsp3) is 0.348. The Labute approximate surface area is 190 Å². The molecular formula is C23H23N7O3. The lowest BCUT2D eigenvalue weighted by Crippen LogP contribution is -2.30. The summed E-state index contributed by atoms with van der Waals surface area (Å²) in [6.07, 6.45) is 4.86. The molecule has 0 atom stereocenters. The Kier molecular flexibility index (Phi) is 5.64. The number of carbonyl (C=O) groups excluding carboxylic acids is 2. The van der Waals surface area contributed by atoms with Crippen molar-refractivity contribution in [1.29, 1.82) is 0 Å². The van der Waals surface area contributed by atoms with E-state index in [4.69, 9.17) is 4.84 Å². The van der Waals surface area contributed by atoms with Crippen LogP contribution in [-0.2, 0) is 17.7 Å². The Morgan fingerprint density at radius 1 is 0.970 bits per heavy atom. The third-order valence-electron chi connectivity index (χ3n) is 6.19.